The minimum atomic E-state index is -0.876. The topological polar surface area (TPSA) is 42.0 Å². The highest BCUT2D eigenvalue weighted by Gasteiger charge is 2.20. The molecule has 0 unspecified atom stereocenters. The lowest BCUT2D eigenvalue weighted by atomic mass is 10.0. The van der Waals surface area contributed by atoms with Gasteiger partial charge in [-0.3, -0.25) is 4.79 Å². The number of carbonyl (C=O) groups is 1. The zero-order valence-corrected chi connectivity index (χ0v) is 13.1. The van der Waals surface area contributed by atoms with Crippen molar-refractivity contribution in [2.45, 2.75) is 13.3 Å². The van der Waals surface area contributed by atoms with Crippen LogP contribution in [0.4, 0.5) is 14.6 Å². The fourth-order valence-electron chi connectivity index (χ4n) is 2.06. The van der Waals surface area contributed by atoms with Gasteiger partial charge in [-0.25, -0.2) is 13.8 Å². The van der Waals surface area contributed by atoms with Crippen molar-refractivity contribution >= 4 is 27.5 Å². The van der Waals surface area contributed by atoms with Crippen molar-refractivity contribution < 1.29 is 13.6 Å². The maximum Gasteiger partial charge on any atom is 0.173 e. The van der Waals surface area contributed by atoms with Crippen LogP contribution in [0, 0.1) is 18.6 Å². The molecule has 0 fully saturated rings. The summed E-state index contributed by atoms with van der Waals surface area (Å²) in [6, 6.07) is 3.92. The van der Waals surface area contributed by atoms with Crippen LogP contribution in [0.5, 0.6) is 0 Å². The number of ketones is 1. The van der Waals surface area contributed by atoms with Gasteiger partial charge in [-0.1, -0.05) is 22.0 Å². The lowest BCUT2D eigenvalue weighted by Gasteiger charge is -2.09. The Kier molecular flexibility index (Phi) is 4.67. The number of nitrogens with zero attached hydrogens (tertiary/aromatic N) is 1. The quantitative estimate of drug-likeness (QED) is 0.846. The lowest BCUT2D eigenvalue weighted by Crippen LogP contribution is -2.11. The van der Waals surface area contributed by atoms with Crippen LogP contribution < -0.4 is 5.32 Å². The van der Waals surface area contributed by atoms with Crippen molar-refractivity contribution in [3.8, 4) is 0 Å². The van der Waals surface area contributed by atoms with Crippen molar-refractivity contribution in [3.05, 3.63) is 57.2 Å². The molecule has 0 spiro atoms. The van der Waals surface area contributed by atoms with Gasteiger partial charge < -0.3 is 5.32 Å². The smallest absolute Gasteiger partial charge is 0.173 e. The van der Waals surface area contributed by atoms with Crippen LogP contribution in [0.2, 0.25) is 0 Å². The van der Waals surface area contributed by atoms with Gasteiger partial charge in [-0.05, 0) is 24.6 Å². The zero-order valence-electron chi connectivity index (χ0n) is 11.5. The van der Waals surface area contributed by atoms with Crippen LogP contribution in [0.1, 0.15) is 21.5 Å². The summed E-state index contributed by atoms with van der Waals surface area (Å²) in [6.07, 6.45) is 1.53. The molecule has 2 aromatic rings. The van der Waals surface area contributed by atoms with Crippen molar-refractivity contribution in [1.29, 1.82) is 0 Å². The first-order valence-corrected chi connectivity index (χ1v) is 7.02. The van der Waals surface area contributed by atoms with E-state index in [4.69, 9.17) is 0 Å². The van der Waals surface area contributed by atoms with Gasteiger partial charge in [-0.2, -0.15) is 0 Å². The minimum absolute atomic E-state index is 0.125. The highest BCUT2D eigenvalue weighted by Crippen LogP contribution is 2.22. The molecule has 0 saturated heterocycles. The number of hydrogen-bond acceptors (Lipinski definition) is 3. The molecule has 0 aliphatic rings. The summed E-state index contributed by atoms with van der Waals surface area (Å²) < 4.78 is 27.9. The number of Topliss-reactive ketones (excluding diaryl/α,β-unsaturated/α-hetero) is 1. The second-order valence-corrected chi connectivity index (χ2v) is 5.53. The van der Waals surface area contributed by atoms with Crippen LogP contribution in [0.15, 0.2) is 28.9 Å². The summed E-state index contributed by atoms with van der Waals surface area (Å²) in [5.74, 6) is -1.86. The largest absolute Gasteiger partial charge is 0.373 e. The molecule has 0 atom stereocenters. The standard InChI is InChI=1S/C15H13BrF2N2O/c1-8-3-9(15(19-2)20-7-8)4-13(21)14-11(17)5-10(16)6-12(14)18/h3,5-7H,4H2,1-2H3,(H,19,20). The third kappa shape index (κ3) is 3.44. The first-order valence-electron chi connectivity index (χ1n) is 6.23. The highest BCUT2D eigenvalue weighted by molar-refractivity contribution is 9.10. The Balaban J connectivity index is 2.37. The van der Waals surface area contributed by atoms with E-state index in [0.717, 1.165) is 17.7 Å². The molecule has 6 heteroatoms. The lowest BCUT2D eigenvalue weighted by molar-refractivity contribution is 0.0985. The molecule has 2 rings (SSSR count). The number of pyridine rings is 1. The molecule has 3 nitrogen and oxygen atoms in total. The van der Waals surface area contributed by atoms with Gasteiger partial charge in [0.15, 0.2) is 5.78 Å². The van der Waals surface area contributed by atoms with Crippen molar-refractivity contribution in [2.24, 2.45) is 0 Å². The van der Waals surface area contributed by atoms with E-state index >= 15 is 0 Å². The molecule has 0 aliphatic carbocycles. The Hall–Kier alpha value is -1.82. The molecular formula is C15H13BrF2N2O. The number of benzene rings is 1. The number of hydrogen-bond donors (Lipinski definition) is 1. The Labute approximate surface area is 129 Å². The summed E-state index contributed by atoms with van der Waals surface area (Å²) in [4.78, 5) is 16.3. The number of aryl methyl sites for hydroxylation is 1. The number of aromatic nitrogens is 1. The maximum absolute atomic E-state index is 13.8. The summed E-state index contributed by atoms with van der Waals surface area (Å²) in [5.41, 5.74) is 0.944. The fraction of sp³-hybridized carbons (Fsp3) is 0.200. The number of carbonyl (C=O) groups excluding carboxylic acids is 1. The Morgan fingerprint density at radius 2 is 1.90 bits per heavy atom. The van der Waals surface area contributed by atoms with E-state index < -0.39 is 23.0 Å². The van der Waals surface area contributed by atoms with Crippen molar-refractivity contribution in [2.75, 3.05) is 12.4 Å². The predicted octanol–water partition coefficient (Wildman–Crippen LogP) is 3.90. The number of anilines is 1. The van der Waals surface area contributed by atoms with Gasteiger partial charge >= 0.3 is 0 Å². The van der Waals surface area contributed by atoms with E-state index in [1.54, 1.807) is 19.3 Å². The molecule has 1 aromatic heterocycles. The Morgan fingerprint density at radius 3 is 2.48 bits per heavy atom. The second kappa shape index (κ2) is 6.30. The van der Waals surface area contributed by atoms with Gasteiger partial charge in [0.25, 0.3) is 0 Å². The van der Waals surface area contributed by atoms with Gasteiger partial charge in [0.1, 0.15) is 17.5 Å². The Morgan fingerprint density at radius 1 is 1.29 bits per heavy atom. The third-order valence-corrected chi connectivity index (χ3v) is 3.43. The molecule has 21 heavy (non-hydrogen) atoms. The molecular weight excluding hydrogens is 342 g/mol. The summed E-state index contributed by atoms with van der Waals surface area (Å²) in [7, 11) is 1.67. The number of halogens is 3. The van der Waals surface area contributed by atoms with Crippen LogP contribution in [-0.4, -0.2) is 17.8 Å². The average Bonchev–Trinajstić information content (AvgIpc) is 2.37. The highest BCUT2D eigenvalue weighted by atomic mass is 79.9. The molecule has 1 heterocycles. The van der Waals surface area contributed by atoms with Crippen molar-refractivity contribution in [3.63, 3.8) is 0 Å². The minimum Gasteiger partial charge on any atom is -0.373 e. The van der Waals surface area contributed by atoms with E-state index in [9.17, 15) is 13.6 Å². The van der Waals surface area contributed by atoms with Crippen LogP contribution in [0.3, 0.4) is 0 Å². The monoisotopic (exact) mass is 354 g/mol. The van der Waals surface area contributed by atoms with E-state index in [-0.39, 0.29) is 10.9 Å². The third-order valence-electron chi connectivity index (χ3n) is 2.98. The molecule has 1 aromatic carbocycles. The number of nitrogens with one attached hydrogen (secondary N) is 1. The van der Waals surface area contributed by atoms with Crippen LogP contribution in [0.25, 0.3) is 0 Å². The summed E-state index contributed by atoms with van der Waals surface area (Å²) >= 11 is 2.98. The van der Waals surface area contributed by atoms with E-state index in [1.807, 2.05) is 6.92 Å². The molecule has 0 amide bonds. The van der Waals surface area contributed by atoms with Crippen molar-refractivity contribution in [1.82, 2.24) is 4.98 Å². The van der Waals surface area contributed by atoms with E-state index in [0.29, 0.717) is 11.4 Å². The Bertz CT molecular complexity index is 681. The van der Waals surface area contributed by atoms with Crippen LogP contribution >= 0.6 is 15.9 Å². The maximum atomic E-state index is 13.8. The number of rotatable bonds is 4. The van der Waals surface area contributed by atoms with Gasteiger partial charge in [0.05, 0.1) is 5.56 Å². The molecule has 0 bridgehead atoms. The molecule has 0 saturated carbocycles. The zero-order chi connectivity index (χ0) is 15.6. The van der Waals surface area contributed by atoms with Gasteiger partial charge in [-0.15, -0.1) is 0 Å². The molecule has 1 N–H and O–H groups in total. The van der Waals surface area contributed by atoms with E-state index in [1.165, 1.54) is 0 Å². The van der Waals surface area contributed by atoms with Gasteiger partial charge in [0, 0.05) is 29.7 Å². The fourth-order valence-corrected chi connectivity index (χ4v) is 2.46. The first kappa shape index (κ1) is 15.6. The molecule has 0 aliphatic heterocycles. The molecule has 110 valence electrons. The second-order valence-electron chi connectivity index (χ2n) is 4.61. The summed E-state index contributed by atoms with van der Waals surface area (Å²) in [5, 5.41) is 2.86. The molecule has 0 radical (unpaired) electrons. The normalized spacial score (nSPS) is 10.5. The van der Waals surface area contributed by atoms with Gasteiger partial charge in [0.2, 0.25) is 0 Å². The SMILES string of the molecule is CNc1ncc(C)cc1CC(=O)c1c(F)cc(Br)cc1F. The first-order chi connectivity index (χ1) is 9.92. The van der Waals surface area contributed by atoms with E-state index in [2.05, 4.69) is 26.2 Å². The van der Waals surface area contributed by atoms with Crippen LogP contribution in [-0.2, 0) is 6.42 Å². The summed E-state index contributed by atoms with van der Waals surface area (Å²) in [6.45, 7) is 1.83. The average molecular weight is 355 g/mol. The predicted molar refractivity (Wildman–Crippen MR) is 80.6 cm³/mol.